The maximum Gasteiger partial charge on any atom is 0.475 e. The molecule has 32 heteroatoms. The van der Waals surface area contributed by atoms with Crippen LogP contribution < -0.4 is 16.7 Å². The van der Waals surface area contributed by atoms with Crippen LogP contribution >= 0.6 is 31.3 Å². The van der Waals surface area contributed by atoms with Gasteiger partial charge in [0.05, 0.1) is 49.4 Å². The van der Waals surface area contributed by atoms with Crippen LogP contribution in [0.3, 0.4) is 0 Å². The molecule has 1 unspecified atom stereocenters. The minimum Gasteiger partial charge on any atom is -0.477 e. The average molecular weight is 1010 g/mol. The van der Waals surface area contributed by atoms with Gasteiger partial charge < -0.3 is 106 Å². The van der Waals surface area contributed by atoms with Gasteiger partial charge in [0.25, 0.3) is 5.79 Å². The number of aliphatic carboxylic acids is 1. The second-order valence-corrected chi connectivity index (χ2v) is 19.4. The number of aliphatic hydroxyl groups excluding tert-OH is 11. The highest BCUT2D eigenvalue weighted by Gasteiger charge is 2.65. The van der Waals surface area contributed by atoms with Crippen LogP contribution in [0.15, 0.2) is 17.1 Å². The number of carbonyl (C=O) groups excluding carboxylic acids is 1. The summed E-state index contributed by atoms with van der Waals surface area (Å²) in [7, 11) is -4.56. The topological polar surface area (TPSA) is 461 Å². The first-order valence-electron chi connectivity index (χ1n) is 19.9. The van der Waals surface area contributed by atoms with Gasteiger partial charge >= 0.3 is 19.5 Å². The zero-order valence-corrected chi connectivity index (χ0v) is 37.3. The second-order valence-electron chi connectivity index (χ2n) is 15.5. The third-order valence-electron chi connectivity index (χ3n) is 10.9. The van der Waals surface area contributed by atoms with Crippen molar-refractivity contribution in [1.82, 2.24) is 14.9 Å². The molecule has 4 aliphatic rings. The Kier molecular flexibility index (Phi) is 19.1. The SMILES string of the molecule is CO[C@H]1C[C@@H](O)[C@H](O[C@@H]2O[C@H](CSCS[C@@H]3[C@H](O)[C@@H](NC(C)=O)[C@H]([C@H](O)[C@H](O)CO)O[C@]3(OP(=O)(O)OC[C@H]3O[C@@H](n4ccc(N)nc4=O)[C@H](O)[C@@H]3O)C(=O)O)[C@H](O)[C@H](O)[C@H]2O)[C@@H](CO)O1. The second kappa shape index (κ2) is 23.1. The Hall–Kier alpha value is -2.25. The number of nitrogens with one attached hydrogen (secondary N) is 1. The van der Waals surface area contributed by atoms with E-state index in [9.17, 15) is 85.1 Å². The molecule has 4 fully saturated rings. The average Bonchev–Trinajstić information content (AvgIpc) is 3.54. The van der Waals surface area contributed by atoms with Crippen molar-refractivity contribution >= 4 is 49.0 Å². The molecule has 5 heterocycles. The molecule has 0 bridgehead atoms. The van der Waals surface area contributed by atoms with E-state index in [1.54, 1.807) is 0 Å². The van der Waals surface area contributed by atoms with Crippen molar-refractivity contribution < 1.29 is 118 Å². The van der Waals surface area contributed by atoms with Crippen molar-refractivity contribution in [3.8, 4) is 0 Å². The predicted octanol–water partition coefficient (Wildman–Crippen LogP) is -7.56. The highest BCUT2D eigenvalue weighted by atomic mass is 32.2. The van der Waals surface area contributed by atoms with E-state index in [1.807, 2.05) is 0 Å². The molecule has 66 heavy (non-hydrogen) atoms. The van der Waals surface area contributed by atoms with Crippen molar-refractivity contribution in [2.45, 2.75) is 135 Å². The Bertz CT molecular complexity index is 1900. The maximum atomic E-state index is 13.7. The van der Waals surface area contributed by atoms with Crippen LogP contribution in [0.25, 0.3) is 0 Å². The number of nitrogen functional groups attached to an aromatic ring is 1. The third kappa shape index (κ3) is 12.2. The fourth-order valence-corrected chi connectivity index (χ4v) is 11.2. The smallest absolute Gasteiger partial charge is 0.475 e. The van der Waals surface area contributed by atoms with E-state index < -0.39 is 167 Å². The highest BCUT2D eigenvalue weighted by Crippen LogP contribution is 2.54. The Labute approximate surface area is 381 Å². The Morgan fingerprint density at radius 1 is 1.02 bits per heavy atom. The number of amides is 1. The number of phosphoric acid groups is 1. The number of ether oxygens (including phenoxy) is 6. The zero-order valence-electron chi connectivity index (χ0n) is 34.8. The van der Waals surface area contributed by atoms with Gasteiger partial charge in [0.1, 0.15) is 73.0 Å². The predicted molar refractivity (Wildman–Crippen MR) is 217 cm³/mol. The van der Waals surface area contributed by atoms with Gasteiger partial charge in [0.15, 0.2) is 18.8 Å². The summed E-state index contributed by atoms with van der Waals surface area (Å²) in [5.74, 6) is -7.21. The molecule has 1 aromatic rings. The van der Waals surface area contributed by atoms with Gasteiger partial charge in [-0.15, -0.1) is 23.5 Å². The molecular weight excluding hydrogens is 959 g/mol. The molecule has 29 nitrogen and oxygen atoms in total. The largest absolute Gasteiger partial charge is 0.477 e. The number of carboxylic acid groups (broad SMARTS) is 1. The minimum absolute atomic E-state index is 0.113. The summed E-state index contributed by atoms with van der Waals surface area (Å²) in [6, 6.07) is -0.663. The Balaban J connectivity index is 1.36. The fraction of sp³-hybridized carbons (Fsp3) is 0.824. The molecule has 0 saturated carbocycles. The number of hydrogen-bond donors (Lipinski definition) is 15. The molecule has 0 aromatic carbocycles. The molecule has 21 atom stereocenters. The summed E-state index contributed by atoms with van der Waals surface area (Å²) in [5, 5.41) is 127. The summed E-state index contributed by atoms with van der Waals surface area (Å²) in [5.41, 5.74) is 4.48. The number of hydrogen-bond acceptors (Lipinski definition) is 27. The maximum absolute atomic E-state index is 13.7. The van der Waals surface area contributed by atoms with Crippen molar-refractivity contribution in [3.63, 3.8) is 0 Å². The van der Waals surface area contributed by atoms with E-state index in [0.29, 0.717) is 11.8 Å². The first-order valence-corrected chi connectivity index (χ1v) is 23.6. The van der Waals surface area contributed by atoms with E-state index in [4.69, 9.17) is 43.2 Å². The van der Waals surface area contributed by atoms with E-state index >= 15 is 0 Å². The highest BCUT2D eigenvalue weighted by molar-refractivity contribution is 8.16. The number of rotatable bonds is 20. The lowest BCUT2D eigenvalue weighted by Crippen LogP contribution is -2.73. The first kappa shape index (κ1) is 54.7. The van der Waals surface area contributed by atoms with Crippen molar-refractivity contribution in [2.75, 3.05) is 43.5 Å². The summed E-state index contributed by atoms with van der Waals surface area (Å²) < 4.78 is 57.8. The zero-order chi connectivity index (χ0) is 49.0. The number of carboxylic acids is 1. The summed E-state index contributed by atoms with van der Waals surface area (Å²) >= 11 is 1.26. The molecule has 1 aromatic heterocycles. The molecule has 4 saturated heterocycles. The van der Waals surface area contributed by atoms with Gasteiger partial charge in [-0.25, -0.2) is 18.7 Å². The molecule has 0 spiro atoms. The van der Waals surface area contributed by atoms with Gasteiger partial charge in [0, 0.05) is 37.5 Å². The standard InChI is InChI=1S/C34H55N4O25PS2/c1-11(41)36-19-23(47)29(66-10-65-9-16-22(46)24(48)26(50)31(60-16)61-27-12(42)5-18(56-2)58-14(27)7-40)34(32(51)52,62-28(19)20(44)13(43)6-39)63-64(54,55)57-8-15-21(45)25(49)30(59-15)38-4-3-17(35)37-33(38)53/h3-4,12-16,18-31,39-40,42-50H,5-10H2,1-2H3,(H,36,41)(H,51,52)(H,54,55)(H2,35,37,53)/t12-,13-,14-,15-,16-,18-,19-,20-,21-,22+,23-,24+,25-,26-,27+,28-,29-,30-,31+,34-/m1/s1. The quantitative estimate of drug-likeness (QED) is 0.0328. The lowest BCUT2D eigenvalue weighted by Gasteiger charge is -2.50. The lowest BCUT2D eigenvalue weighted by molar-refractivity contribution is -0.338. The molecule has 4 aliphatic heterocycles. The van der Waals surface area contributed by atoms with Gasteiger partial charge in [-0.3, -0.25) is 13.9 Å². The van der Waals surface area contributed by atoms with E-state index in [2.05, 4.69) is 10.3 Å². The van der Waals surface area contributed by atoms with E-state index in [-0.39, 0.29) is 23.1 Å². The molecule has 1 amide bonds. The number of anilines is 1. The number of phosphoric ester groups is 1. The number of thioether (sulfide) groups is 2. The number of aromatic nitrogens is 2. The first-order chi connectivity index (χ1) is 31.0. The number of carbonyl (C=O) groups is 2. The molecule has 0 aliphatic carbocycles. The number of nitrogens with zero attached hydrogens (tertiary/aromatic N) is 2. The Morgan fingerprint density at radius 2 is 1.70 bits per heavy atom. The van der Waals surface area contributed by atoms with Gasteiger partial charge in [-0.2, -0.15) is 4.98 Å². The molecule has 16 N–H and O–H groups in total. The molecule has 5 rings (SSSR count). The summed E-state index contributed by atoms with van der Waals surface area (Å²) in [4.78, 5) is 52.5. The summed E-state index contributed by atoms with van der Waals surface area (Å²) in [6.07, 6.45) is -28.4. The van der Waals surface area contributed by atoms with Crippen molar-refractivity contribution in [2.24, 2.45) is 0 Å². The molecule has 0 radical (unpaired) electrons. The monoisotopic (exact) mass is 1010 g/mol. The van der Waals surface area contributed by atoms with Crippen LogP contribution in [0.1, 0.15) is 19.6 Å². The van der Waals surface area contributed by atoms with E-state index in [0.717, 1.165) is 29.4 Å². The van der Waals surface area contributed by atoms with Crippen molar-refractivity contribution in [1.29, 1.82) is 0 Å². The number of methoxy groups -OCH3 is 1. The van der Waals surface area contributed by atoms with E-state index in [1.165, 1.54) is 13.2 Å². The lowest BCUT2D eigenvalue weighted by atomic mass is 9.88. The molecular formula is C34H55N4O25PS2. The Morgan fingerprint density at radius 3 is 2.30 bits per heavy atom. The van der Waals surface area contributed by atoms with Gasteiger partial charge in [-0.05, 0) is 6.07 Å². The minimum atomic E-state index is -5.86. The van der Waals surface area contributed by atoms with Gasteiger partial charge in [0.2, 0.25) is 5.91 Å². The molecule has 378 valence electrons. The van der Waals surface area contributed by atoms with Crippen LogP contribution in [0.2, 0.25) is 0 Å². The number of nitrogens with two attached hydrogens (primary N) is 1. The summed E-state index contributed by atoms with van der Waals surface area (Å²) in [6.45, 7) is -2.02. The van der Waals surface area contributed by atoms with Crippen molar-refractivity contribution in [3.05, 3.63) is 22.7 Å². The van der Waals surface area contributed by atoms with Crippen LogP contribution in [0, 0.1) is 0 Å². The van der Waals surface area contributed by atoms with Crippen LogP contribution in [-0.2, 0) is 51.6 Å². The van der Waals surface area contributed by atoms with Crippen LogP contribution in [0.5, 0.6) is 0 Å². The number of aliphatic hydroxyl groups is 11. The van der Waals surface area contributed by atoms with Gasteiger partial charge in [-0.1, -0.05) is 0 Å². The fourth-order valence-electron chi connectivity index (χ4n) is 7.53. The third-order valence-corrected chi connectivity index (χ3v) is 14.6. The van der Waals surface area contributed by atoms with Crippen LogP contribution in [0.4, 0.5) is 5.82 Å². The normalized spacial score (nSPS) is 40.3. The van der Waals surface area contributed by atoms with Crippen LogP contribution in [-0.4, -0.2) is 240 Å².